The maximum absolute atomic E-state index is 8.63. The number of allylic oxidation sites excluding steroid dienone is 2. The van der Waals surface area contributed by atoms with Gasteiger partial charge in [0.25, 0.3) is 0 Å². The van der Waals surface area contributed by atoms with Gasteiger partial charge in [0.1, 0.15) is 10.3 Å². The summed E-state index contributed by atoms with van der Waals surface area (Å²) >= 11 is 11.2. The molecule has 0 unspecified atom stereocenters. The summed E-state index contributed by atoms with van der Waals surface area (Å²) in [6, 6.07) is 0. The van der Waals surface area contributed by atoms with Crippen molar-refractivity contribution in [2.75, 3.05) is 6.61 Å². The van der Waals surface area contributed by atoms with Gasteiger partial charge in [-0.05, 0) is 30.9 Å². The van der Waals surface area contributed by atoms with E-state index in [1.165, 1.54) is 0 Å². The third-order valence-corrected chi connectivity index (χ3v) is 2.20. The van der Waals surface area contributed by atoms with Crippen LogP contribution in [0.4, 0.5) is 0 Å². The second-order valence-corrected chi connectivity index (χ2v) is 3.44. The average molecular weight is 225 g/mol. The van der Waals surface area contributed by atoms with Crippen molar-refractivity contribution in [1.82, 2.24) is 0 Å². The molecule has 0 aliphatic carbocycles. The molecule has 0 saturated heterocycles. The summed E-state index contributed by atoms with van der Waals surface area (Å²) < 4.78 is 0. The zero-order chi connectivity index (χ0) is 10.4. The molecule has 0 rings (SSSR count). The van der Waals surface area contributed by atoms with Crippen LogP contribution in [-0.4, -0.2) is 11.7 Å². The van der Waals surface area contributed by atoms with E-state index in [-0.39, 0.29) is 16.9 Å². The lowest BCUT2D eigenvalue weighted by Gasteiger charge is -2.08. The molecule has 0 fully saturated rings. The maximum Gasteiger partial charge on any atom is 0.103 e. The molecule has 5 heteroatoms. The Kier molecular flexibility index (Phi) is 5.95. The predicted octanol–water partition coefficient (Wildman–Crippen LogP) is 1.60. The number of aliphatic hydroxyl groups excluding tert-OH is 1. The van der Waals surface area contributed by atoms with Crippen molar-refractivity contribution < 1.29 is 5.11 Å². The van der Waals surface area contributed by atoms with Gasteiger partial charge < -0.3 is 16.6 Å². The molecule has 5 N–H and O–H groups in total. The molecule has 0 atom stereocenters. The smallest absolute Gasteiger partial charge is 0.103 e. The lowest BCUT2D eigenvalue weighted by atomic mass is 10.0. The van der Waals surface area contributed by atoms with Crippen LogP contribution >= 0.6 is 23.2 Å². The molecule has 3 nitrogen and oxygen atoms in total. The Hall–Kier alpha value is -0.380. The molecule has 0 aliphatic rings. The van der Waals surface area contributed by atoms with E-state index < -0.39 is 0 Å². The van der Waals surface area contributed by atoms with Crippen LogP contribution in [0.15, 0.2) is 21.5 Å². The highest BCUT2D eigenvalue weighted by molar-refractivity contribution is 6.31. The molecule has 0 bridgehead atoms. The first kappa shape index (κ1) is 12.6. The van der Waals surface area contributed by atoms with Gasteiger partial charge in [0.05, 0.1) is 0 Å². The first-order valence-corrected chi connectivity index (χ1v) is 4.63. The highest BCUT2D eigenvalue weighted by Gasteiger charge is 2.07. The number of nitrogens with two attached hydrogens (primary N) is 2. The number of rotatable bonds is 4. The van der Waals surface area contributed by atoms with Gasteiger partial charge in [0, 0.05) is 6.61 Å². The normalized spacial score (nSPS) is 15.1. The highest BCUT2D eigenvalue weighted by atomic mass is 35.5. The molecular weight excluding hydrogens is 211 g/mol. The van der Waals surface area contributed by atoms with Gasteiger partial charge in [0.2, 0.25) is 0 Å². The minimum absolute atomic E-state index is 0.0864. The fraction of sp³-hybridized carbons (Fsp3) is 0.500. The molecule has 0 aromatic carbocycles. The van der Waals surface area contributed by atoms with Crippen LogP contribution in [0.2, 0.25) is 0 Å². The monoisotopic (exact) mass is 224 g/mol. The Morgan fingerprint density at radius 3 is 2.08 bits per heavy atom. The Morgan fingerprint density at radius 1 is 1.23 bits per heavy atom. The second kappa shape index (κ2) is 6.13. The van der Waals surface area contributed by atoms with Crippen molar-refractivity contribution in [1.29, 1.82) is 0 Å². The van der Waals surface area contributed by atoms with Crippen LogP contribution in [0.25, 0.3) is 0 Å². The first-order valence-electron chi connectivity index (χ1n) is 3.88. The van der Waals surface area contributed by atoms with E-state index in [1.54, 1.807) is 6.92 Å². The van der Waals surface area contributed by atoms with Crippen molar-refractivity contribution in [3.8, 4) is 0 Å². The third-order valence-electron chi connectivity index (χ3n) is 1.68. The van der Waals surface area contributed by atoms with Crippen molar-refractivity contribution in [2.24, 2.45) is 11.5 Å². The molecule has 0 amide bonds. The first-order chi connectivity index (χ1) is 6.00. The largest absolute Gasteiger partial charge is 0.396 e. The number of hydrogen-bond acceptors (Lipinski definition) is 3. The van der Waals surface area contributed by atoms with E-state index in [1.807, 2.05) is 0 Å². The van der Waals surface area contributed by atoms with E-state index in [0.717, 1.165) is 0 Å². The number of hydrogen-bond donors (Lipinski definition) is 3. The number of aliphatic hydroxyl groups is 1. The van der Waals surface area contributed by atoms with Crippen LogP contribution in [0.5, 0.6) is 0 Å². The fourth-order valence-corrected chi connectivity index (χ4v) is 1.24. The van der Waals surface area contributed by atoms with Crippen molar-refractivity contribution in [3.63, 3.8) is 0 Å². The summed E-state index contributed by atoms with van der Waals surface area (Å²) in [6.07, 6.45) is 1.16. The zero-order valence-corrected chi connectivity index (χ0v) is 8.99. The molecule has 13 heavy (non-hydrogen) atoms. The lowest BCUT2D eigenvalue weighted by Crippen LogP contribution is -2.03. The SMILES string of the molecule is CC(=C(/N)Cl)/C(CCCO)=C(\N)Cl. The predicted molar refractivity (Wildman–Crippen MR) is 56.1 cm³/mol. The van der Waals surface area contributed by atoms with E-state index in [4.69, 9.17) is 39.8 Å². The molecule has 76 valence electrons. The standard InChI is InChI=1S/C8H14Cl2N2O/c1-5(7(9)11)6(8(10)12)3-2-4-13/h13H,2-4,11-12H2,1H3/b7-5-,8-6-. The molecule has 0 radical (unpaired) electrons. The molecule has 0 aromatic heterocycles. The Morgan fingerprint density at radius 2 is 1.77 bits per heavy atom. The summed E-state index contributed by atoms with van der Waals surface area (Å²) in [6.45, 7) is 1.83. The molecule has 0 saturated carbocycles. The average Bonchev–Trinajstić information content (AvgIpc) is 2.04. The topological polar surface area (TPSA) is 72.3 Å². The summed E-state index contributed by atoms with van der Waals surface area (Å²) in [5, 5.41) is 8.98. The fourth-order valence-electron chi connectivity index (χ4n) is 0.886. The van der Waals surface area contributed by atoms with Crippen LogP contribution in [0.3, 0.4) is 0 Å². The molecular formula is C8H14Cl2N2O. The van der Waals surface area contributed by atoms with E-state index in [9.17, 15) is 0 Å². The Balaban J connectivity index is 4.66. The summed E-state index contributed by atoms with van der Waals surface area (Å²) in [5.74, 6) is 0. The van der Waals surface area contributed by atoms with Crippen LogP contribution in [0.1, 0.15) is 19.8 Å². The van der Waals surface area contributed by atoms with Crippen LogP contribution < -0.4 is 11.5 Å². The lowest BCUT2D eigenvalue weighted by molar-refractivity contribution is 0.288. The van der Waals surface area contributed by atoms with E-state index >= 15 is 0 Å². The van der Waals surface area contributed by atoms with Gasteiger partial charge in [-0.3, -0.25) is 0 Å². The Labute approximate surface area is 88.0 Å². The quantitative estimate of drug-likeness (QED) is 0.502. The van der Waals surface area contributed by atoms with Gasteiger partial charge in [-0.25, -0.2) is 0 Å². The molecule has 0 heterocycles. The molecule has 0 spiro atoms. The molecule has 0 aliphatic heterocycles. The van der Waals surface area contributed by atoms with Gasteiger partial charge in [-0.1, -0.05) is 23.2 Å². The summed E-state index contributed by atoms with van der Waals surface area (Å²) in [4.78, 5) is 0. The van der Waals surface area contributed by atoms with Gasteiger partial charge >= 0.3 is 0 Å². The van der Waals surface area contributed by atoms with Crippen LogP contribution in [-0.2, 0) is 0 Å². The van der Waals surface area contributed by atoms with E-state index in [2.05, 4.69) is 0 Å². The Bertz CT molecular complexity index is 228. The third kappa shape index (κ3) is 4.41. The van der Waals surface area contributed by atoms with E-state index in [0.29, 0.717) is 24.0 Å². The minimum atomic E-state index is 0.0864. The van der Waals surface area contributed by atoms with Crippen molar-refractivity contribution >= 4 is 23.2 Å². The maximum atomic E-state index is 8.63. The van der Waals surface area contributed by atoms with Gasteiger partial charge in [-0.15, -0.1) is 0 Å². The summed E-state index contributed by atoms with van der Waals surface area (Å²) in [7, 11) is 0. The highest BCUT2D eigenvalue weighted by Crippen LogP contribution is 2.22. The molecule has 0 aromatic rings. The zero-order valence-electron chi connectivity index (χ0n) is 7.48. The van der Waals surface area contributed by atoms with Crippen LogP contribution in [0, 0.1) is 0 Å². The van der Waals surface area contributed by atoms with Crippen molar-refractivity contribution in [3.05, 3.63) is 21.5 Å². The second-order valence-electron chi connectivity index (χ2n) is 2.63. The summed E-state index contributed by atoms with van der Waals surface area (Å²) in [5.41, 5.74) is 12.2. The minimum Gasteiger partial charge on any atom is -0.396 e. The number of halogens is 2. The van der Waals surface area contributed by atoms with Gasteiger partial charge in [-0.2, -0.15) is 0 Å². The van der Waals surface area contributed by atoms with Gasteiger partial charge in [0.15, 0.2) is 0 Å². The van der Waals surface area contributed by atoms with Crippen molar-refractivity contribution in [2.45, 2.75) is 19.8 Å².